The van der Waals surface area contributed by atoms with Crippen molar-refractivity contribution >= 4 is 29.1 Å². The highest BCUT2D eigenvalue weighted by Crippen LogP contribution is 2.28. The molecule has 0 radical (unpaired) electrons. The minimum atomic E-state index is -0.631. The number of nitrogens with one attached hydrogen (secondary N) is 1. The van der Waals surface area contributed by atoms with Crippen LogP contribution >= 0.6 is 23.2 Å². The number of aryl methyl sites for hydroxylation is 1. The number of amides is 1. The number of pyridine rings is 1. The number of carbonyl (C=O) groups is 1. The molecule has 0 saturated carbocycles. The molecule has 0 fully saturated rings. The average molecular weight is 507 g/mol. The Morgan fingerprint density at radius 2 is 1.60 bits per heavy atom. The topological polar surface area (TPSA) is 71.3 Å². The fraction of sp³-hybridized carbons (Fsp3) is 0.143. The van der Waals surface area contributed by atoms with E-state index in [0.717, 1.165) is 22.3 Å². The van der Waals surface area contributed by atoms with Crippen LogP contribution in [0.15, 0.2) is 83.7 Å². The molecule has 1 amide bonds. The quantitative estimate of drug-likeness (QED) is 0.297. The summed E-state index contributed by atoms with van der Waals surface area (Å²) in [6, 6.07) is 24.6. The van der Waals surface area contributed by atoms with Crippen molar-refractivity contribution in [3.05, 3.63) is 110 Å². The van der Waals surface area contributed by atoms with Crippen LogP contribution in [0.1, 0.15) is 22.3 Å². The Kier molecular flexibility index (Phi) is 7.59. The SMILES string of the molecule is Cn1c(-c2cccc(-c3ccccc3)c2)cc(C(=O)NCCCc2ccc(Cl)c(Cl)c2)c(O)c1=O. The lowest BCUT2D eigenvalue weighted by atomic mass is 10.0. The largest absolute Gasteiger partial charge is 0.502 e. The summed E-state index contributed by atoms with van der Waals surface area (Å²) in [5.74, 6) is -1.08. The van der Waals surface area contributed by atoms with Gasteiger partial charge in [-0.15, -0.1) is 0 Å². The number of rotatable bonds is 7. The number of halogens is 2. The molecule has 0 aliphatic rings. The standard InChI is InChI=1S/C28H24Cl2N2O3/c1-32-25(21-11-5-10-20(16-21)19-8-3-2-4-9-19)17-22(26(33)28(32)35)27(34)31-14-6-7-18-12-13-23(29)24(30)15-18/h2-5,8-13,15-17,33H,6-7,14H2,1H3,(H,31,34). The summed E-state index contributed by atoms with van der Waals surface area (Å²) < 4.78 is 1.35. The van der Waals surface area contributed by atoms with E-state index >= 15 is 0 Å². The van der Waals surface area contributed by atoms with Gasteiger partial charge in [-0.05, 0) is 59.4 Å². The lowest BCUT2D eigenvalue weighted by Crippen LogP contribution is -2.28. The van der Waals surface area contributed by atoms with Crippen LogP contribution in [0.5, 0.6) is 5.75 Å². The second-order valence-electron chi connectivity index (χ2n) is 8.21. The van der Waals surface area contributed by atoms with Gasteiger partial charge in [-0.1, -0.05) is 77.8 Å². The predicted octanol–water partition coefficient (Wildman–Crippen LogP) is 6.09. The Bertz CT molecular complexity index is 1430. The van der Waals surface area contributed by atoms with Crippen molar-refractivity contribution in [3.63, 3.8) is 0 Å². The van der Waals surface area contributed by atoms with Crippen molar-refractivity contribution < 1.29 is 9.90 Å². The number of nitrogens with zero attached hydrogens (tertiary/aromatic N) is 1. The highest BCUT2D eigenvalue weighted by atomic mass is 35.5. The second-order valence-corrected chi connectivity index (χ2v) is 9.03. The highest BCUT2D eigenvalue weighted by Gasteiger charge is 2.19. The number of hydrogen-bond acceptors (Lipinski definition) is 3. The summed E-state index contributed by atoms with van der Waals surface area (Å²) in [7, 11) is 1.57. The maximum Gasteiger partial charge on any atom is 0.293 e. The van der Waals surface area contributed by atoms with Crippen LogP contribution in [0.2, 0.25) is 10.0 Å². The normalized spacial score (nSPS) is 10.8. The van der Waals surface area contributed by atoms with Gasteiger partial charge in [0, 0.05) is 13.6 Å². The lowest BCUT2D eigenvalue weighted by molar-refractivity contribution is 0.0950. The minimum absolute atomic E-state index is 0.0530. The molecule has 0 unspecified atom stereocenters. The van der Waals surface area contributed by atoms with Crippen molar-refractivity contribution in [2.45, 2.75) is 12.8 Å². The molecule has 178 valence electrons. The molecule has 0 bridgehead atoms. The monoisotopic (exact) mass is 506 g/mol. The maximum atomic E-state index is 12.9. The minimum Gasteiger partial charge on any atom is -0.502 e. The van der Waals surface area contributed by atoms with Crippen LogP contribution in [0.25, 0.3) is 22.4 Å². The molecule has 0 saturated heterocycles. The average Bonchev–Trinajstić information content (AvgIpc) is 2.88. The van der Waals surface area contributed by atoms with E-state index in [4.69, 9.17) is 23.2 Å². The number of carbonyl (C=O) groups excluding carboxylic acids is 1. The molecule has 0 atom stereocenters. The van der Waals surface area contributed by atoms with E-state index in [1.807, 2.05) is 60.7 Å². The Balaban J connectivity index is 1.53. The number of aromatic nitrogens is 1. The Labute approximate surface area is 213 Å². The van der Waals surface area contributed by atoms with E-state index in [2.05, 4.69) is 5.32 Å². The molecule has 35 heavy (non-hydrogen) atoms. The molecule has 2 N–H and O–H groups in total. The van der Waals surface area contributed by atoms with Gasteiger partial charge in [0.15, 0.2) is 5.75 Å². The van der Waals surface area contributed by atoms with E-state index in [1.54, 1.807) is 25.2 Å². The summed E-state index contributed by atoms with van der Waals surface area (Å²) in [5.41, 5.74) is 3.64. The molecule has 1 aromatic heterocycles. The number of aromatic hydroxyl groups is 1. The molecule has 7 heteroatoms. The first-order valence-corrected chi connectivity index (χ1v) is 11.9. The van der Waals surface area contributed by atoms with Crippen molar-refractivity contribution in [2.75, 3.05) is 6.54 Å². The van der Waals surface area contributed by atoms with Crippen LogP contribution in [0.3, 0.4) is 0 Å². The van der Waals surface area contributed by atoms with Crippen LogP contribution in [0, 0.1) is 0 Å². The van der Waals surface area contributed by atoms with Crippen LogP contribution < -0.4 is 10.9 Å². The molecule has 4 rings (SSSR count). The fourth-order valence-corrected chi connectivity index (χ4v) is 4.23. The lowest BCUT2D eigenvalue weighted by Gasteiger charge is -2.14. The van der Waals surface area contributed by atoms with Gasteiger partial charge in [-0.3, -0.25) is 9.59 Å². The molecule has 1 heterocycles. The number of benzene rings is 3. The third kappa shape index (κ3) is 5.59. The van der Waals surface area contributed by atoms with E-state index < -0.39 is 17.2 Å². The molecular weight excluding hydrogens is 483 g/mol. The predicted molar refractivity (Wildman–Crippen MR) is 141 cm³/mol. The van der Waals surface area contributed by atoms with Gasteiger partial charge >= 0.3 is 0 Å². The van der Waals surface area contributed by atoms with Crippen LogP contribution in [-0.2, 0) is 13.5 Å². The van der Waals surface area contributed by atoms with Crippen molar-refractivity contribution in [1.82, 2.24) is 9.88 Å². The van der Waals surface area contributed by atoms with Gasteiger partial charge in [0.2, 0.25) is 0 Å². The van der Waals surface area contributed by atoms with E-state index in [-0.39, 0.29) is 5.56 Å². The number of hydrogen-bond donors (Lipinski definition) is 2. The Morgan fingerprint density at radius 1 is 0.886 bits per heavy atom. The zero-order valence-electron chi connectivity index (χ0n) is 19.1. The smallest absolute Gasteiger partial charge is 0.293 e. The summed E-state index contributed by atoms with van der Waals surface area (Å²) in [6.07, 6.45) is 1.35. The Morgan fingerprint density at radius 3 is 2.34 bits per heavy atom. The zero-order valence-corrected chi connectivity index (χ0v) is 20.6. The highest BCUT2D eigenvalue weighted by molar-refractivity contribution is 6.42. The first-order valence-electron chi connectivity index (χ1n) is 11.2. The van der Waals surface area contributed by atoms with Gasteiger partial charge in [-0.2, -0.15) is 0 Å². The molecule has 0 aliphatic heterocycles. The van der Waals surface area contributed by atoms with E-state index in [9.17, 15) is 14.7 Å². The van der Waals surface area contributed by atoms with Gasteiger partial charge in [-0.25, -0.2) is 0 Å². The third-order valence-electron chi connectivity index (χ3n) is 5.83. The fourth-order valence-electron chi connectivity index (χ4n) is 3.91. The first-order chi connectivity index (χ1) is 16.8. The van der Waals surface area contributed by atoms with Gasteiger partial charge in [0.25, 0.3) is 11.5 Å². The Hall–Kier alpha value is -3.54. The summed E-state index contributed by atoms with van der Waals surface area (Å²) in [4.78, 5) is 25.6. The third-order valence-corrected chi connectivity index (χ3v) is 6.57. The van der Waals surface area contributed by atoms with Crippen molar-refractivity contribution in [2.24, 2.45) is 7.05 Å². The van der Waals surface area contributed by atoms with Crippen LogP contribution in [0.4, 0.5) is 0 Å². The second kappa shape index (κ2) is 10.8. The van der Waals surface area contributed by atoms with Crippen LogP contribution in [-0.4, -0.2) is 22.1 Å². The summed E-state index contributed by atoms with van der Waals surface area (Å²) >= 11 is 12.0. The first kappa shape index (κ1) is 24.6. The van der Waals surface area contributed by atoms with Gasteiger partial charge in [0.05, 0.1) is 21.3 Å². The van der Waals surface area contributed by atoms with Crippen molar-refractivity contribution in [3.8, 4) is 28.1 Å². The molecule has 3 aromatic carbocycles. The molecule has 0 aliphatic carbocycles. The van der Waals surface area contributed by atoms with E-state index in [1.165, 1.54) is 4.57 Å². The zero-order chi connectivity index (χ0) is 24.9. The van der Waals surface area contributed by atoms with Gasteiger partial charge < -0.3 is 15.0 Å². The molecule has 4 aromatic rings. The molecule has 5 nitrogen and oxygen atoms in total. The van der Waals surface area contributed by atoms with E-state index in [0.29, 0.717) is 35.1 Å². The van der Waals surface area contributed by atoms with Gasteiger partial charge in [0.1, 0.15) is 0 Å². The van der Waals surface area contributed by atoms with Crippen molar-refractivity contribution in [1.29, 1.82) is 0 Å². The maximum absolute atomic E-state index is 12.9. The summed E-state index contributed by atoms with van der Waals surface area (Å²) in [5, 5.41) is 14.2. The molecular formula is C28H24Cl2N2O3. The molecule has 0 spiro atoms. The summed E-state index contributed by atoms with van der Waals surface area (Å²) in [6.45, 7) is 0.368.